The molecule has 0 atom stereocenters. The number of benzene rings is 1. The Kier molecular flexibility index (Phi) is 4.26. The van der Waals surface area contributed by atoms with Crippen molar-refractivity contribution in [2.45, 2.75) is 19.1 Å². The quantitative estimate of drug-likeness (QED) is 0.865. The zero-order chi connectivity index (χ0) is 12.1. The van der Waals surface area contributed by atoms with Gasteiger partial charge >= 0.3 is 0 Å². The van der Waals surface area contributed by atoms with Gasteiger partial charge in [0.25, 0.3) is 0 Å². The molecule has 1 aromatic carbocycles. The summed E-state index contributed by atoms with van der Waals surface area (Å²) in [4.78, 5) is 4.71. The molecule has 17 heavy (non-hydrogen) atoms. The number of hydrogen-bond acceptors (Lipinski definition) is 3. The summed E-state index contributed by atoms with van der Waals surface area (Å²) in [7, 11) is 0. The van der Waals surface area contributed by atoms with Gasteiger partial charge in [0.2, 0.25) is 0 Å². The fourth-order valence-corrected chi connectivity index (χ4v) is 2.35. The predicted molar refractivity (Wildman–Crippen MR) is 77.7 cm³/mol. The van der Waals surface area contributed by atoms with E-state index in [0.717, 1.165) is 30.1 Å². The summed E-state index contributed by atoms with van der Waals surface area (Å²) in [6, 6.07) is 10.5. The fraction of sp³-hybridized carbons (Fsp3) is 0.357. The molecule has 0 fully saturated rings. The number of aromatic nitrogens is 1. The van der Waals surface area contributed by atoms with E-state index in [1.807, 2.05) is 17.8 Å². The molecule has 2 aromatic rings. The average molecular weight is 246 g/mol. The van der Waals surface area contributed by atoms with Crippen LogP contribution < -0.4 is 5.32 Å². The molecule has 0 spiro atoms. The van der Waals surface area contributed by atoms with Gasteiger partial charge in [-0.3, -0.25) is 0 Å². The molecular weight excluding hydrogens is 228 g/mol. The molecule has 0 bridgehead atoms. The Morgan fingerprint density at radius 3 is 2.88 bits per heavy atom. The van der Waals surface area contributed by atoms with Crippen LogP contribution in [-0.2, 0) is 5.75 Å². The van der Waals surface area contributed by atoms with Gasteiger partial charge < -0.3 is 5.32 Å². The SMILES string of the molecule is CCCNc1nc2ccccc2cc1CSC. The molecule has 2 rings (SSSR count). The second-order valence-corrected chi connectivity index (χ2v) is 4.91. The van der Waals surface area contributed by atoms with Gasteiger partial charge in [0, 0.05) is 23.2 Å². The van der Waals surface area contributed by atoms with Crippen LogP contribution in [0.25, 0.3) is 10.9 Å². The van der Waals surface area contributed by atoms with Gasteiger partial charge in [0.15, 0.2) is 0 Å². The molecule has 3 heteroatoms. The summed E-state index contributed by atoms with van der Waals surface area (Å²) in [6.45, 7) is 3.15. The van der Waals surface area contributed by atoms with Crippen molar-refractivity contribution < 1.29 is 0 Å². The summed E-state index contributed by atoms with van der Waals surface area (Å²) in [6.07, 6.45) is 3.24. The van der Waals surface area contributed by atoms with E-state index in [-0.39, 0.29) is 0 Å². The highest BCUT2D eigenvalue weighted by atomic mass is 32.2. The Bertz CT molecular complexity index is 497. The van der Waals surface area contributed by atoms with E-state index in [2.05, 4.69) is 42.8 Å². The van der Waals surface area contributed by atoms with Crippen LogP contribution in [-0.4, -0.2) is 17.8 Å². The topological polar surface area (TPSA) is 24.9 Å². The van der Waals surface area contributed by atoms with E-state index in [9.17, 15) is 0 Å². The molecule has 0 aliphatic carbocycles. The molecule has 0 saturated carbocycles. The lowest BCUT2D eigenvalue weighted by molar-refractivity contribution is 0.968. The molecule has 1 N–H and O–H groups in total. The van der Waals surface area contributed by atoms with Crippen LogP contribution in [0.2, 0.25) is 0 Å². The van der Waals surface area contributed by atoms with E-state index >= 15 is 0 Å². The first-order valence-corrected chi connectivity index (χ1v) is 7.36. The minimum atomic E-state index is 0.979. The van der Waals surface area contributed by atoms with Gasteiger partial charge in [-0.15, -0.1) is 0 Å². The van der Waals surface area contributed by atoms with Crippen LogP contribution in [0.15, 0.2) is 30.3 Å². The third-order valence-corrected chi connectivity index (χ3v) is 3.24. The van der Waals surface area contributed by atoms with Crippen molar-refractivity contribution in [2.75, 3.05) is 18.1 Å². The number of anilines is 1. The van der Waals surface area contributed by atoms with Crippen molar-refractivity contribution in [3.8, 4) is 0 Å². The number of pyridine rings is 1. The van der Waals surface area contributed by atoms with Crippen LogP contribution in [0, 0.1) is 0 Å². The highest BCUT2D eigenvalue weighted by Gasteiger charge is 2.05. The van der Waals surface area contributed by atoms with E-state index in [4.69, 9.17) is 4.98 Å². The van der Waals surface area contributed by atoms with E-state index in [1.54, 1.807) is 0 Å². The maximum atomic E-state index is 4.71. The van der Waals surface area contributed by atoms with E-state index in [1.165, 1.54) is 10.9 Å². The number of rotatable bonds is 5. The van der Waals surface area contributed by atoms with E-state index in [0.29, 0.717) is 0 Å². The number of nitrogens with zero attached hydrogens (tertiary/aromatic N) is 1. The second kappa shape index (κ2) is 5.92. The van der Waals surface area contributed by atoms with Gasteiger partial charge in [0.05, 0.1) is 5.52 Å². The highest BCUT2D eigenvalue weighted by Crippen LogP contribution is 2.23. The van der Waals surface area contributed by atoms with Crippen molar-refractivity contribution in [2.24, 2.45) is 0 Å². The number of nitrogens with one attached hydrogen (secondary N) is 1. The van der Waals surface area contributed by atoms with Crippen LogP contribution in [0.5, 0.6) is 0 Å². The number of para-hydroxylation sites is 1. The molecule has 0 amide bonds. The molecule has 2 nitrogen and oxygen atoms in total. The molecule has 0 unspecified atom stereocenters. The summed E-state index contributed by atoms with van der Waals surface area (Å²) >= 11 is 1.83. The van der Waals surface area contributed by atoms with Crippen molar-refractivity contribution in [3.63, 3.8) is 0 Å². The van der Waals surface area contributed by atoms with Crippen LogP contribution >= 0.6 is 11.8 Å². The lowest BCUT2D eigenvalue weighted by atomic mass is 10.1. The lowest BCUT2D eigenvalue weighted by Crippen LogP contribution is -2.05. The van der Waals surface area contributed by atoms with Gasteiger partial charge in [0.1, 0.15) is 5.82 Å². The Balaban J connectivity index is 2.42. The Hall–Kier alpha value is -1.22. The van der Waals surface area contributed by atoms with Crippen LogP contribution in [0.1, 0.15) is 18.9 Å². The molecule has 1 aromatic heterocycles. The van der Waals surface area contributed by atoms with Crippen molar-refractivity contribution in [1.29, 1.82) is 0 Å². The first kappa shape index (κ1) is 12.2. The zero-order valence-electron chi connectivity index (χ0n) is 10.4. The summed E-state index contributed by atoms with van der Waals surface area (Å²) < 4.78 is 0. The smallest absolute Gasteiger partial charge is 0.130 e. The molecule has 90 valence electrons. The Morgan fingerprint density at radius 1 is 1.29 bits per heavy atom. The second-order valence-electron chi connectivity index (χ2n) is 4.05. The standard InChI is InChI=1S/C14H18N2S/c1-3-8-15-14-12(10-17-2)9-11-6-4-5-7-13(11)16-14/h4-7,9H,3,8,10H2,1-2H3,(H,15,16). The normalized spacial score (nSPS) is 10.7. The van der Waals surface area contributed by atoms with Gasteiger partial charge in [-0.25, -0.2) is 4.98 Å². The van der Waals surface area contributed by atoms with Crippen molar-refractivity contribution in [1.82, 2.24) is 4.98 Å². The third-order valence-electron chi connectivity index (χ3n) is 2.65. The summed E-state index contributed by atoms with van der Waals surface area (Å²) in [5, 5.41) is 4.64. The Morgan fingerprint density at radius 2 is 2.12 bits per heavy atom. The van der Waals surface area contributed by atoms with Crippen LogP contribution in [0.3, 0.4) is 0 Å². The lowest BCUT2D eigenvalue weighted by Gasteiger charge is -2.11. The summed E-state index contributed by atoms with van der Waals surface area (Å²) in [5.41, 5.74) is 2.36. The van der Waals surface area contributed by atoms with Crippen LogP contribution in [0.4, 0.5) is 5.82 Å². The van der Waals surface area contributed by atoms with Gasteiger partial charge in [-0.2, -0.15) is 11.8 Å². The first-order valence-electron chi connectivity index (χ1n) is 5.96. The number of fused-ring (bicyclic) bond motifs is 1. The minimum absolute atomic E-state index is 0.979. The average Bonchev–Trinajstić information content (AvgIpc) is 2.36. The largest absolute Gasteiger partial charge is 0.370 e. The van der Waals surface area contributed by atoms with Crippen molar-refractivity contribution >= 4 is 28.5 Å². The maximum Gasteiger partial charge on any atom is 0.130 e. The predicted octanol–water partition coefficient (Wildman–Crippen LogP) is 3.92. The first-order chi connectivity index (χ1) is 8.35. The molecule has 0 saturated heterocycles. The molecular formula is C14H18N2S. The minimum Gasteiger partial charge on any atom is -0.370 e. The monoisotopic (exact) mass is 246 g/mol. The Labute approximate surface area is 107 Å². The number of hydrogen-bond donors (Lipinski definition) is 1. The zero-order valence-corrected chi connectivity index (χ0v) is 11.2. The van der Waals surface area contributed by atoms with Gasteiger partial charge in [-0.05, 0) is 24.8 Å². The molecule has 0 aliphatic heterocycles. The number of thioether (sulfide) groups is 1. The highest BCUT2D eigenvalue weighted by molar-refractivity contribution is 7.97. The molecule has 0 aliphatic rings. The maximum absolute atomic E-state index is 4.71. The van der Waals surface area contributed by atoms with Gasteiger partial charge in [-0.1, -0.05) is 25.1 Å². The molecule has 0 radical (unpaired) electrons. The van der Waals surface area contributed by atoms with E-state index < -0.39 is 0 Å². The third kappa shape index (κ3) is 2.91. The summed E-state index contributed by atoms with van der Waals surface area (Å²) in [5.74, 6) is 2.05. The fourth-order valence-electron chi connectivity index (χ4n) is 1.82. The van der Waals surface area contributed by atoms with Crippen molar-refractivity contribution in [3.05, 3.63) is 35.9 Å². The molecule has 1 heterocycles.